The van der Waals surface area contributed by atoms with Crippen molar-refractivity contribution in [2.45, 2.75) is 51.4 Å². The van der Waals surface area contributed by atoms with Crippen LogP contribution in [0.1, 0.15) is 50.7 Å². The van der Waals surface area contributed by atoms with Gasteiger partial charge in [-0.1, -0.05) is 35.8 Å². The predicted octanol–water partition coefficient (Wildman–Crippen LogP) is 4.41. The molecule has 0 atom stereocenters. The third-order valence-corrected chi connectivity index (χ3v) is 5.85. The zero-order valence-electron chi connectivity index (χ0n) is 11.1. The van der Waals surface area contributed by atoms with Crippen LogP contribution in [-0.2, 0) is 16.6 Å². The van der Waals surface area contributed by atoms with Crippen LogP contribution in [0, 0.1) is 5.41 Å². The first-order valence-electron chi connectivity index (χ1n) is 6.75. The molecular weight excluding hydrogens is 288 g/mol. The predicted molar refractivity (Wildman–Crippen MR) is 76.8 cm³/mol. The highest BCUT2D eigenvalue weighted by Crippen LogP contribution is 2.58. The first kappa shape index (κ1) is 12.4. The van der Waals surface area contributed by atoms with E-state index in [0.717, 1.165) is 32.1 Å². The van der Waals surface area contributed by atoms with Gasteiger partial charge in [0.05, 0.1) is 0 Å². The lowest BCUT2D eigenvalue weighted by Gasteiger charge is -2.44. The fourth-order valence-corrected chi connectivity index (χ4v) is 4.41. The second-order valence-electron chi connectivity index (χ2n) is 6.42. The molecule has 0 heterocycles. The number of fused-ring (bicyclic) bond motifs is 1. The van der Waals surface area contributed by atoms with Crippen molar-refractivity contribution in [2.75, 3.05) is 0 Å². The van der Waals surface area contributed by atoms with Crippen LogP contribution < -0.4 is 0 Å². The Bertz CT molecular complexity index is 506. The highest BCUT2D eigenvalue weighted by Gasteiger charge is 2.52. The molecule has 1 aromatic rings. The van der Waals surface area contributed by atoms with Crippen molar-refractivity contribution in [3.05, 3.63) is 33.8 Å². The van der Waals surface area contributed by atoms with E-state index in [9.17, 15) is 4.79 Å². The smallest absolute Gasteiger partial charge is 0.132 e. The van der Waals surface area contributed by atoms with Crippen LogP contribution in [-0.4, -0.2) is 5.78 Å². The lowest BCUT2D eigenvalue weighted by Crippen LogP contribution is -2.41. The van der Waals surface area contributed by atoms with Gasteiger partial charge in [0, 0.05) is 17.3 Å². The minimum absolute atomic E-state index is 0.198. The first-order chi connectivity index (χ1) is 8.45. The molecule has 0 aliphatic heterocycles. The summed E-state index contributed by atoms with van der Waals surface area (Å²) in [5, 5.41) is 0. The molecule has 18 heavy (non-hydrogen) atoms. The van der Waals surface area contributed by atoms with Crippen molar-refractivity contribution >= 4 is 21.7 Å². The number of hydrogen-bond acceptors (Lipinski definition) is 1. The van der Waals surface area contributed by atoms with E-state index in [0.29, 0.717) is 11.2 Å². The molecule has 0 radical (unpaired) electrons. The van der Waals surface area contributed by atoms with Crippen LogP contribution in [0.5, 0.6) is 0 Å². The largest absolute Gasteiger partial charge is 0.300 e. The summed E-state index contributed by atoms with van der Waals surface area (Å²) in [7, 11) is 0. The second-order valence-corrected chi connectivity index (χ2v) is 7.34. The molecule has 2 heteroatoms. The minimum Gasteiger partial charge on any atom is -0.300 e. The maximum absolute atomic E-state index is 11.5. The topological polar surface area (TPSA) is 17.1 Å². The van der Waals surface area contributed by atoms with Gasteiger partial charge in [-0.15, -0.1) is 0 Å². The number of Topliss-reactive ketones (excluding diaryl/α,β-unsaturated/α-hetero) is 1. The normalized spacial score (nSPS) is 24.3. The molecule has 2 aliphatic carbocycles. The first-order valence-corrected chi connectivity index (χ1v) is 7.55. The summed E-state index contributed by atoms with van der Waals surface area (Å²) in [6.45, 7) is 4.73. The molecule has 1 saturated carbocycles. The monoisotopic (exact) mass is 306 g/mol. The van der Waals surface area contributed by atoms with Gasteiger partial charge in [0.15, 0.2) is 0 Å². The number of carbonyl (C=O) groups excluding carboxylic acids is 1. The maximum Gasteiger partial charge on any atom is 0.132 e. The van der Waals surface area contributed by atoms with Gasteiger partial charge < -0.3 is 0 Å². The lowest BCUT2D eigenvalue weighted by atomic mass is 9.59. The van der Waals surface area contributed by atoms with Crippen LogP contribution in [0.25, 0.3) is 0 Å². The molecule has 0 bridgehead atoms. The highest BCUT2D eigenvalue weighted by molar-refractivity contribution is 9.10. The summed E-state index contributed by atoms with van der Waals surface area (Å²) in [5.74, 6) is 0.452. The van der Waals surface area contributed by atoms with Gasteiger partial charge in [0.25, 0.3) is 0 Å². The summed E-state index contributed by atoms with van der Waals surface area (Å²) in [6, 6.07) is 6.68. The Kier molecular flexibility index (Phi) is 2.71. The molecule has 1 nitrogen and oxygen atoms in total. The Morgan fingerprint density at radius 2 is 1.83 bits per heavy atom. The fourth-order valence-electron chi connectivity index (χ4n) is 4.00. The van der Waals surface area contributed by atoms with E-state index >= 15 is 0 Å². The molecule has 0 saturated heterocycles. The number of hydrogen-bond donors (Lipinski definition) is 0. The van der Waals surface area contributed by atoms with Gasteiger partial charge in [0.2, 0.25) is 0 Å². The molecule has 96 valence electrons. The quantitative estimate of drug-likeness (QED) is 0.694. The zero-order valence-corrected chi connectivity index (χ0v) is 12.6. The standard InChI is InChI=1S/C16H19BrO/c1-15(2)14-4-3-12(17)9-11(14)10-16(15)7-5-13(18)6-8-16/h3-4,9H,5-8,10H2,1-2H3. The van der Waals surface area contributed by atoms with Crippen LogP contribution in [0.4, 0.5) is 0 Å². The maximum atomic E-state index is 11.5. The van der Waals surface area contributed by atoms with Crippen molar-refractivity contribution in [1.29, 1.82) is 0 Å². The van der Waals surface area contributed by atoms with E-state index < -0.39 is 0 Å². The van der Waals surface area contributed by atoms with Gasteiger partial charge >= 0.3 is 0 Å². The minimum atomic E-state index is 0.198. The molecule has 1 aromatic carbocycles. The SMILES string of the molecule is CC1(C)c2ccc(Br)cc2CC12CCC(=O)CC2. The summed E-state index contributed by atoms with van der Waals surface area (Å²) in [6.07, 6.45) is 4.81. The Morgan fingerprint density at radius 1 is 1.17 bits per heavy atom. The van der Waals surface area contributed by atoms with Crippen LogP contribution in [0.3, 0.4) is 0 Å². The van der Waals surface area contributed by atoms with Crippen molar-refractivity contribution in [1.82, 2.24) is 0 Å². The van der Waals surface area contributed by atoms with Gasteiger partial charge in [-0.3, -0.25) is 4.79 Å². The molecule has 1 spiro atoms. The van der Waals surface area contributed by atoms with E-state index in [2.05, 4.69) is 48.0 Å². The molecule has 0 N–H and O–H groups in total. The number of halogens is 1. The molecule has 0 unspecified atom stereocenters. The Labute approximate surface area is 117 Å². The van der Waals surface area contributed by atoms with E-state index in [1.807, 2.05) is 0 Å². The van der Waals surface area contributed by atoms with Crippen molar-refractivity contribution in [3.63, 3.8) is 0 Å². The molecule has 0 amide bonds. The average Bonchev–Trinajstić information content (AvgIpc) is 2.51. The fraction of sp³-hybridized carbons (Fsp3) is 0.562. The van der Waals surface area contributed by atoms with Crippen LogP contribution in [0.2, 0.25) is 0 Å². The van der Waals surface area contributed by atoms with Crippen LogP contribution >= 0.6 is 15.9 Å². The molecule has 3 rings (SSSR count). The number of rotatable bonds is 0. The summed E-state index contributed by atoms with van der Waals surface area (Å²) in [4.78, 5) is 11.5. The third-order valence-electron chi connectivity index (χ3n) is 5.36. The van der Waals surface area contributed by atoms with Crippen molar-refractivity contribution in [3.8, 4) is 0 Å². The van der Waals surface area contributed by atoms with Crippen molar-refractivity contribution in [2.24, 2.45) is 5.41 Å². The summed E-state index contributed by atoms with van der Waals surface area (Å²) >= 11 is 3.57. The molecule has 1 fully saturated rings. The number of benzene rings is 1. The van der Waals surface area contributed by atoms with Gasteiger partial charge in [-0.05, 0) is 53.4 Å². The summed E-state index contributed by atoms with van der Waals surface area (Å²) in [5.41, 5.74) is 3.47. The van der Waals surface area contributed by atoms with E-state index in [4.69, 9.17) is 0 Å². The number of carbonyl (C=O) groups is 1. The van der Waals surface area contributed by atoms with Gasteiger partial charge in [-0.25, -0.2) is 0 Å². The van der Waals surface area contributed by atoms with E-state index in [1.165, 1.54) is 15.6 Å². The Morgan fingerprint density at radius 3 is 2.50 bits per heavy atom. The number of ketones is 1. The molecular formula is C16H19BrO. The Balaban J connectivity index is 2.04. The van der Waals surface area contributed by atoms with Crippen molar-refractivity contribution < 1.29 is 4.79 Å². The van der Waals surface area contributed by atoms with Crippen LogP contribution in [0.15, 0.2) is 22.7 Å². The molecule has 2 aliphatic rings. The highest BCUT2D eigenvalue weighted by atomic mass is 79.9. The third kappa shape index (κ3) is 1.61. The van der Waals surface area contributed by atoms with E-state index in [1.54, 1.807) is 0 Å². The molecule has 0 aromatic heterocycles. The second kappa shape index (κ2) is 3.93. The van der Waals surface area contributed by atoms with Gasteiger partial charge in [-0.2, -0.15) is 0 Å². The Hall–Kier alpha value is -0.630. The zero-order chi connectivity index (χ0) is 13.0. The lowest BCUT2D eigenvalue weighted by molar-refractivity contribution is -0.123. The summed E-state index contributed by atoms with van der Waals surface area (Å²) < 4.78 is 1.17. The van der Waals surface area contributed by atoms with E-state index in [-0.39, 0.29) is 5.41 Å². The average molecular weight is 307 g/mol. The van der Waals surface area contributed by atoms with Gasteiger partial charge in [0.1, 0.15) is 5.78 Å².